The van der Waals surface area contributed by atoms with E-state index >= 15 is 0 Å². The third-order valence-corrected chi connectivity index (χ3v) is 17.7. The zero-order chi connectivity index (χ0) is 56.5. The summed E-state index contributed by atoms with van der Waals surface area (Å²) in [7, 11) is 2.83. The van der Waals surface area contributed by atoms with E-state index in [1.165, 1.54) is 52.5 Å². The Morgan fingerprint density at radius 3 is 1.04 bits per heavy atom. The van der Waals surface area contributed by atoms with E-state index in [0.717, 1.165) is 76.5 Å². The summed E-state index contributed by atoms with van der Waals surface area (Å²) < 4.78 is 22.0. The van der Waals surface area contributed by atoms with E-state index in [9.17, 15) is 29.7 Å². The number of aliphatic carboxylic acids is 1. The van der Waals surface area contributed by atoms with Gasteiger partial charge in [-0.1, -0.05) is 127 Å². The van der Waals surface area contributed by atoms with Gasteiger partial charge in [0.25, 0.3) is 0 Å². The van der Waals surface area contributed by atoms with E-state index < -0.39 is 5.97 Å². The summed E-state index contributed by atoms with van der Waals surface area (Å²) in [6.45, 7) is 0. The Morgan fingerprint density at radius 2 is 0.747 bits per heavy atom. The molecule has 0 spiro atoms. The van der Waals surface area contributed by atoms with E-state index in [1.807, 2.05) is 107 Å². The van der Waals surface area contributed by atoms with Gasteiger partial charge in [0.2, 0.25) is 0 Å². The molecule has 0 fully saturated rings. The standard InChI is InChI=1S/C23H22O3S.C22H20O3S.C14H14O3S.C9H10O.Li.H2O/c1-25-23(24)15-21(22-7-4-12-27-22)16-8-10-19(11-9-16)26-20-13-17-5-2-3-6-18(17)14-20;23-22(24)14-20(21-6-3-11-26-21)15-7-9-18(10-8-15)25-19-12-16-4-1-2-5-17(16)13-19;1-17-14(16)9-12(13-3-2-8-18-13)10-4-6-11(15)7-5-10;10-9-5-7-3-1-2-4-8(7)6-9;;/h2-12,20-21H,13-15H2,1H3;1-11,19-20H,12-14H2,(H,23,24);2-8,12,15H,9H2,1H3;1-4,9-10H,5-6H2;;1H2/q;;;;+1;/p-1. The summed E-state index contributed by atoms with van der Waals surface area (Å²) in [4.78, 5) is 38.0. The van der Waals surface area contributed by atoms with Crippen molar-refractivity contribution in [1.82, 2.24) is 0 Å². The second kappa shape index (κ2) is 31.4. The fraction of sp³-hybridized carbons (Fsp3) is 0.250. The maximum Gasteiger partial charge on any atom is 1.00 e. The van der Waals surface area contributed by atoms with Crippen LogP contribution in [0.2, 0.25) is 0 Å². The summed E-state index contributed by atoms with van der Waals surface area (Å²) >= 11 is 4.87. The number of carbonyl (C=O) groups excluding carboxylic acids is 2. The molecule has 11 nitrogen and oxygen atoms in total. The van der Waals surface area contributed by atoms with E-state index in [4.69, 9.17) is 18.9 Å². The normalized spacial score (nSPS) is 14.1. The van der Waals surface area contributed by atoms with Gasteiger partial charge in [-0.25, -0.2) is 0 Å². The van der Waals surface area contributed by atoms with Crippen molar-refractivity contribution in [2.45, 2.75) is 93.9 Å². The molecule has 3 aromatic heterocycles. The molecule has 3 unspecified atom stereocenters. The molecule has 0 aliphatic heterocycles. The number of esters is 2. The molecule has 9 aromatic rings. The van der Waals surface area contributed by atoms with Crippen LogP contribution >= 0.6 is 34.0 Å². The minimum absolute atomic E-state index is 0. The fourth-order valence-corrected chi connectivity index (χ4v) is 13.2. The zero-order valence-electron chi connectivity index (χ0n) is 46.8. The molecular weight excluding hydrogens is 1100 g/mol. The third-order valence-electron chi connectivity index (χ3n) is 14.8. The van der Waals surface area contributed by atoms with Crippen molar-refractivity contribution in [2.75, 3.05) is 14.2 Å². The Labute approximate surface area is 509 Å². The summed E-state index contributed by atoms with van der Waals surface area (Å²) in [5.41, 5.74) is 11.2. The SMILES string of the molecule is COC(=O)CC(c1ccc(O)cc1)c1cccs1.COC(=O)CC(c1ccc(OC2Cc3ccccc3C2)cc1)c1cccs1.O=C(O)CC(c1ccc(OC2Cc3ccccc3C2)cc1)c1cccs1.OC1Cc2ccccc2C1.[Li+].[OH-]. The summed E-state index contributed by atoms with van der Waals surface area (Å²) in [6.07, 6.45) is 6.46. The number of phenols is 1. The number of aliphatic hydroxyl groups excluding tert-OH is 1. The number of hydrogen-bond acceptors (Lipinski definition) is 13. The molecule has 0 saturated heterocycles. The number of thiophene rings is 3. The van der Waals surface area contributed by atoms with E-state index in [2.05, 4.69) is 78.9 Å². The molecule has 0 bridgehead atoms. The Balaban J connectivity index is 0.000000165. The number of carbonyl (C=O) groups is 3. The molecule has 424 valence electrons. The first-order chi connectivity index (χ1) is 39.5. The summed E-state index contributed by atoms with van der Waals surface area (Å²) in [6, 6.07) is 60.2. The molecule has 0 amide bonds. The van der Waals surface area contributed by atoms with Gasteiger partial charge in [-0.3, -0.25) is 14.4 Å². The maximum atomic E-state index is 11.9. The number of ether oxygens (including phenoxy) is 4. The van der Waals surface area contributed by atoms with Gasteiger partial charge in [-0.15, -0.1) is 34.0 Å². The first-order valence-electron chi connectivity index (χ1n) is 27.1. The van der Waals surface area contributed by atoms with Crippen LogP contribution in [0.5, 0.6) is 17.2 Å². The Bertz CT molecular complexity index is 3330. The number of phenolic OH excluding ortho intramolecular Hbond substituents is 1. The summed E-state index contributed by atoms with van der Waals surface area (Å²) in [5, 5.41) is 33.8. The number of aliphatic hydroxyl groups is 1. The van der Waals surface area contributed by atoms with E-state index in [0.29, 0.717) is 12.8 Å². The van der Waals surface area contributed by atoms with Crippen LogP contribution in [0, 0.1) is 0 Å². The Morgan fingerprint density at radius 1 is 0.446 bits per heavy atom. The zero-order valence-corrected chi connectivity index (χ0v) is 49.2. The molecule has 3 atom stereocenters. The number of carboxylic acids is 1. The molecule has 0 saturated carbocycles. The van der Waals surface area contributed by atoms with Gasteiger partial charge in [0, 0.05) is 58.1 Å². The van der Waals surface area contributed by atoms with Gasteiger partial charge in [-0.05, 0) is 134 Å². The second-order valence-electron chi connectivity index (χ2n) is 20.3. The molecule has 3 aliphatic rings. The predicted octanol–water partition coefficient (Wildman–Crippen LogP) is 11.0. The minimum atomic E-state index is -0.785. The number of carboxylic acid groups (broad SMARTS) is 1. The quantitative estimate of drug-likeness (QED) is 0.0619. The maximum absolute atomic E-state index is 11.9. The van der Waals surface area contributed by atoms with Crippen LogP contribution in [0.4, 0.5) is 0 Å². The van der Waals surface area contributed by atoms with Gasteiger partial charge in [0.05, 0.1) is 39.6 Å². The van der Waals surface area contributed by atoms with Crippen molar-refractivity contribution in [3.8, 4) is 17.2 Å². The van der Waals surface area contributed by atoms with Crippen molar-refractivity contribution in [2.24, 2.45) is 0 Å². The third kappa shape index (κ3) is 17.9. The molecule has 12 rings (SSSR count). The monoisotopic (exact) mass is 1160 g/mol. The van der Waals surface area contributed by atoms with Gasteiger partial charge >= 0.3 is 36.8 Å². The van der Waals surface area contributed by atoms with Crippen LogP contribution in [0.3, 0.4) is 0 Å². The van der Waals surface area contributed by atoms with Gasteiger partial charge in [0.15, 0.2) is 0 Å². The smallest absolute Gasteiger partial charge is 0.870 e. The van der Waals surface area contributed by atoms with E-state index in [-0.39, 0.29) is 84.5 Å². The molecular formula is C68H67LiO11S3. The van der Waals surface area contributed by atoms with Crippen molar-refractivity contribution < 1.29 is 73.0 Å². The van der Waals surface area contributed by atoms with Crippen LogP contribution < -0.4 is 28.3 Å². The van der Waals surface area contributed by atoms with Crippen LogP contribution in [-0.4, -0.2) is 71.2 Å². The first kappa shape index (κ1) is 63.3. The van der Waals surface area contributed by atoms with Gasteiger partial charge in [0.1, 0.15) is 29.5 Å². The van der Waals surface area contributed by atoms with Crippen molar-refractivity contribution in [3.05, 3.63) is 263 Å². The van der Waals surface area contributed by atoms with Crippen molar-refractivity contribution >= 4 is 51.9 Å². The largest absolute Gasteiger partial charge is 1.00 e. The van der Waals surface area contributed by atoms with Crippen LogP contribution in [0.1, 0.15) is 102 Å². The fourth-order valence-electron chi connectivity index (χ4n) is 10.7. The predicted molar refractivity (Wildman–Crippen MR) is 323 cm³/mol. The van der Waals surface area contributed by atoms with Crippen LogP contribution in [-0.2, 0) is 62.4 Å². The number of benzene rings is 6. The van der Waals surface area contributed by atoms with Gasteiger partial charge in [-0.2, -0.15) is 0 Å². The number of aromatic hydroxyl groups is 1. The Hall–Kier alpha value is -7.25. The average molecular weight is 1160 g/mol. The molecule has 83 heavy (non-hydrogen) atoms. The summed E-state index contributed by atoms with van der Waals surface area (Å²) in [5.74, 6) is 0.608. The second-order valence-corrected chi connectivity index (χ2v) is 23.2. The molecule has 15 heteroatoms. The molecule has 0 radical (unpaired) electrons. The minimum Gasteiger partial charge on any atom is -0.870 e. The van der Waals surface area contributed by atoms with E-state index in [1.54, 1.807) is 46.1 Å². The first-order valence-corrected chi connectivity index (χ1v) is 29.8. The van der Waals surface area contributed by atoms with Gasteiger partial charge < -0.3 is 39.7 Å². The number of rotatable bonds is 16. The molecule has 3 aliphatic carbocycles. The number of methoxy groups -OCH3 is 2. The molecule has 3 heterocycles. The number of fused-ring (bicyclic) bond motifs is 3. The molecule has 4 N–H and O–H groups in total. The number of hydrogen-bond donors (Lipinski definition) is 3. The average Bonchev–Trinajstić information content (AvgIpc) is 4.40. The van der Waals surface area contributed by atoms with Crippen molar-refractivity contribution in [1.29, 1.82) is 0 Å². The van der Waals surface area contributed by atoms with Crippen LogP contribution in [0.25, 0.3) is 0 Å². The topological polar surface area (TPSA) is 179 Å². The van der Waals surface area contributed by atoms with Crippen molar-refractivity contribution in [3.63, 3.8) is 0 Å². The molecule has 6 aromatic carbocycles. The Kier molecular flexibility index (Phi) is 24.0. The van der Waals surface area contributed by atoms with Crippen LogP contribution in [0.15, 0.2) is 198 Å².